The zero-order valence-electron chi connectivity index (χ0n) is 12.1. The molecule has 0 aliphatic heterocycles. The molecule has 0 fully saturated rings. The predicted molar refractivity (Wildman–Crippen MR) is 80.0 cm³/mol. The first-order chi connectivity index (χ1) is 9.31. The lowest BCUT2D eigenvalue weighted by Gasteiger charge is -2.25. The van der Waals surface area contributed by atoms with Crippen molar-refractivity contribution in [1.29, 1.82) is 0 Å². The van der Waals surface area contributed by atoms with E-state index in [-0.39, 0.29) is 0 Å². The minimum atomic E-state index is 0.721. The van der Waals surface area contributed by atoms with E-state index in [0.717, 1.165) is 51.3 Å². The SMILES string of the molecule is COCCCCN(CCCN)c1cccc(OC)c1. The van der Waals surface area contributed by atoms with Gasteiger partial charge in [0, 0.05) is 38.6 Å². The Labute approximate surface area is 116 Å². The van der Waals surface area contributed by atoms with Gasteiger partial charge in [-0.05, 0) is 37.9 Å². The first-order valence-corrected chi connectivity index (χ1v) is 6.89. The molecule has 19 heavy (non-hydrogen) atoms. The maximum Gasteiger partial charge on any atom is 0.120 e. The summed E-state index contributed by atoms with van der Waals surface area (Å²) < 4.78 is 10.4. The summed E-state index contributed by atoms with van der Waals surface area (Å²) in [7, 11) is 3.44. The Morgan fingerprint density at radius 1 is 1.11 bits per heavy atom. The van der Waals surface area contributed by atoms with E-state index < -0.39 is 0 Å². The van der Waals surface area contributed by atoms with E-state index >= 15 is 0 Å². The van der Waals surface area contributed by atoms with Crippen LogP contribution >= 0.6 is 0 Å². The monoisotopic (exact) mass is 266 g/mol. The Balaban J connectivity index is 2.60. The zero-order valence-corrected chi connectivity index (χ0v) is 12.1. The minimum absolute atomic E-state index is 0.721. The number of nitrogens with two attached hydrogens (primary N) is 1. The van der Waals surface area contributed by atoms with Crippen molar-refractivity contribution in [3.05, 3.63) is 24.3 Å². The van der Waals surface area contributed by atoms with Crippen molar-refractivity contribution in [2.24, 2.45) is 5.73 Å². The van der Waals surface area contributed by atoms with Crippen molar-refractivity contribution in [2.45, 2.75) is 19.3 Å². The van der Waals surface area contributed by atoms with E-state index in [1.165, 1.54) is 5.69 Å². The smallest absolute Gasteiger partial charge is 0.120 e. The second-order valence-electron chi connectivity index (χ2n) is 4.53. The molecular weight excluding hydrogens is 240 g/mol. The number of rotatable bonds is 10. The molecule has 108 valence electrons. The van der Waals surface area contributed by atoms with Crippen LogP contribution in [0.25, 0.3) is 0 Å². The van der Waals surface area contributed by atoms with E-state index in [0.29, 0.717) is 0 Å². The highest BCUT2D eigenvalue weighted by Gasteiger charge is 2.06. The van der Waals surface area contributed by atoms with Gasteiger partial charge >= 0.3 is 0 Å². The van der Waals surface area contributed by atoms with Crippen LogP contribution in [0.4, 0.5) is 5.69 Å². The van der Waals surface area contributed by atoms with Gasteiger partial charge in [-0.15, -0.1) is 0 Å². The van der Waals surface area contributed by atoms with Gasteiger partial charge in [-0.3, -0.25) is 0 Å². The third-order valence-corrected chi connectivity index (χ3v) is 3.08. The molecule has 0 spiro atoms. The van der Waals surface area contributed by atoms with Gasteiger partial charge in [0.05, 0.1) is 7.11 Å². The molecule has 0 aliphatic carbocycles. The molecule has 0 unspecified atom stereocenters. The predicted octanol–water partition coefficient (Wildman–Crippen LogP) is 2.28. The van der Waals surface area contributed by atoms with Crippen molar-refractivity contribution < 1.29 is 9.47 Å². The number of methoxy groups -OCH3 is 2. The summed E-state index contributed by atoms with van der Waals surface area (Å²) in [4.78, 5) is 2.37. The lowest BCUT2D eigenvalue weighted by Crippen LogP contribution is -2.27. The van der Waals surface area contributed by atoms with Crippen LogP contribution in [0.1, 0.15) is 19.3 Å². The normalized spacial score (nSPS) is 10.5. The van der Waals surface area contributed by atoms with Crippen LogP contribution in [0.5, 0.6) is 5.75 Å². The van der Waals surface area contributed by atoms with Gasteiger partial charge in [0.2, 0.25) is 0 Å². The van der Waals surface area contributed by atoms with E-state index in [1.807, 2.05) is 12.1 Å². The maximum atomic E-state index is 5.62. The number of nitrogens with zero attached hydrogens (tertiary/aromatic N) is 1. The van der Waals surface area contributed by atoms with Crippen molar-refractivity contribution in [1.82, 2.24) is 0 Å². The molecule has 0 heterocycles. The van der Waals surface area contributed by atoms with Crippen LogP contribution in [-0.4, -0.2) is 40.5 Å². The first kappa shape index (κ1) is 15.8. The standard InChI is InChI=1S/C15H26N2O2/c1-18-12-4-3-10-17(11-6-9-16)14-7-5-8-15(13-14)19-2/h5,7-8,13H,3-4,6,9-12,16H2,1-2H3. The summed E-state index contributed by atoms with van der Waals surface area (Å²) in [5.74, 6) is 0.895. The third-order valence-electron chi connectivity index (χ3n) is 3.08. The highest BCUT2D eigenvalue weighted by Crippen LogP contribution is 2.21. The molecule has 1 aromatic carbocycles. The van der Waals surface area contributed by atoms with Crippen LogP contribution in [0.2, 0.25) is 0 Å². The number of anilines is 1. The molecule has 0 saturated heterocycles. The largest absolute Gasteiger partial charge is 0.497 e. The minimum Gasteiger partial charge on any atom is -0.497 e. The van der Waals surface area contributed by atoms with E-state index in [2.05, 4.69) is 17.0 Å². The average Bonchev–Trinajstić information content (AvgIpc) is 2.46. The second kappa shape index (κ2) is 9.64. The molecule has 0 radical (unpaired) electrons. The summed E-state index contributed by atoms with van der Waals surface area (Å²) >= 11 is 0. The van der Waals surface area contributed by atoms with Crippen LogP contribution in [0, 0.1) is 0 Å². The summed E-state index contributed by atoms with van der Waals surface area (Å²) in [5, 5.41) is 0. The zero-order chi connectivity index (χ0) is 13.9. The van der Waals surface area contributed by atoms with Gasteiger partial charge in [0.1, 0.15) is 5.75 Å². The summed E-state index contributed by atoms with van der Waals surface area (Å²) in [6.45, 7) is 3.55. The Morgan fingerprint density at radius 2 is 1.89 bits per heavy atom. The molecule has 0 aromatic heterocycles. The van der Waals surface area contributed by atoms with Crippen LogP contribution in [-0.2, 0) is 4.74 Å². The fraction of sp³-hybridized carbons (Fsp3) is 0.600. The van der Waals surface area contributed by atoms with Gasteiger partial charge in [0.15, 0.2) is 0 Å². The molecule has 0 bridgehead atoms. The summed E-state index contributed by atoms with van der Waals surface area (Å²) in [6, 6.07) is 8.19. The molecule has 0 atom stereocenters. The molecular formula is C15H26N2O2. The van der Waals surface area contributed by atoms with Crippen molar-refractivity contribution >= 4 is 5.69 Å². The molecule has 0 aliphatic rings. The van der Waals surface area contributed by atoms with Crippen LogP contribution < -0.4 is 15.4 Å². The van der Waals surface area contributed by atoms with Crippen molar-refractivity contribution in [3.8, 4) is 5.75 Å². The molecule has 1 rings (SSSR count). The summed E-state index contributed by atoms with van der Waals surface area (Å²) in [5.41, 5.74) is 6.82. The Morgan fingerprint density at radius 3 is 2.58 bits per heavy atom. The Kier molecular flexibility index (Phi) is 8.02. The number of benzene rings is 1. The molecule has 2 N–H and O–H groups in total. The maximum absolute atomic E-state index is 5.62. The topological polar surface area (TPSA) is 47.7 Å². The third kappa shape index (κ3) is 5.94. The van der Waals surface area contributed by atoms with Crippen molar-refractivity contribution in [2.75, 3.05) is 45.4 Å². The Hall–Kier alpha value is -1.26. The number of unbranched alkanes of at least 4 members (excludes halogenated alkanes) is 1. The van der Waals surface area contributed by atoms with Gasteiger partial charge in [-0.2, -0.15) is 0 Å². The fourth-order valence-corrected chi connectivity index (χ4v) is 2.01. The van der Waals surface area contributed by atoms with Crippen LogP contribution in [0.15, 0.2) is 24.3 Å². The van der Waals surface area contributed by atoms with Gasteiger partial charge < -0.3 is 20.1 Å². The highest BCUT2D eigenvalue weighted by atomic mass is 16.5. The Bertz CT molecular complexity index is 345. The molecule has 0 amide bonds. The van der Waals surface area contributed by atoms with E-state index in [9.17, 15) is 0 Å². The number of hydrogen-bond acceptors (Lipinski definition) is 4. The average molecular weight is 266 g/mol. The number of ether oxygens (including phenoxy) is 2. The van der Waals surface area contributed by atoms with Crippen LogP contribution in [0.3, 0.4) is 0 Å². The molecule has 1 aromatic rings. The highest BCUT2D eigenvalue weighted by molar-refractivity contribution is 5.50. The lowest BCUT2D eigenvalue weighted by atomic mass is 10.2. The van der Waals surface area contributed by atoms with E-state index in [1.54, 1.807) is 14.2 Å². The van der Waals surface area contributed by atoms with Gasteiger partial charge in [-0.1, -0.05) is 6.07 Å². The quantitative estimate of drug-likeness (QED) is 0.660. The fourth-order valence-electron chi connectivity index (χ4n) is 2.01. The van der Waals surface area contributed by atoms with Gasteiger partial charge in [-0.25, -0.2) is 0 Å². The second-order valence-corrected chi connectivity index (χ2v) is 4.53. The lowest BCUT2D eigenvalue weighted by molar-refractivity contribution is 0.193. The number of hydrogen-bond donors (Lipinski definition) is 1. The first-order valence-electron chi connectivity index (χ1n) is 6.89. The van der Waals surface area contributed by atoms with E-state index in [4.69, 9.17) is 15.2 Å². The summed E-state index contributed by atoms with van der Waals surface area (Å²) in [6.07, 6.45) is 3.21. The molecule has 0 saturated carbocycles. The van der Waals surface area contributed by atoms with Gasteiger partial charge in [0.25, 0.3) is 0 Å². The molecule has 4 nitrogen and oxygen atoms in total. The molecule has 4 heteroatoms. The van der Waals surface area contributed by atoms with Crippen molar-refractivity contribution in [3.63, 3.8) is 0 Å².